The van der Waals surface area contributed by atoms with Gasteiger partial charge in [-0.15, -0.1) is 0 Å². The Morgan fingerprint density at radius 3 is 2.81 bits per heavy atom. The molecule has 0 unspecified atom stereocenters. The van der Waals surface area contributed by atoms with E-state index in [4.69, 9.17) is 4.84 Å². The second-order valence-electron chi connectivity index (χ2n) is 6.96. The Hall–Kier alpha value is -2.77. The van der Waals surface area contributed by atoms with Gasteiger partial charge in [-0.05, 0) is 37.6 Å². The summed E-state index contributed by atoms with van der Waals surface area (Å²) in [5.41, 5.74) is 5.59. The van der Waals surface area contributed by atoms with Gasteiger partial charge in [0.1, 0.15) is 18.2 Å². The van der Waals surface area contributed by atoms with Gasteiger partial charge in [0.25, 0.3) is 5.91 Å². The van der Waals surface area contributed by atoms with Crippen LogP contribution in [0.1, 0.15) is 40.4 Å². The van der Waals surface area contributed by atoms with Crippen molar-refractivity contribution in [1.82, 2.24) is 15.8 Å². The molecule has 27 heavy (non-hydrogen) atoms. The number of hydrogen-bond donors (Lipinski definition) is 3. The van der Waals surface area contributed by atoms with Crippen molar-refractivity contribution in [2.45, 2.75) is 25.5 Å². The molecule has 0 bridgehead atoms. The second kappa shape index (κ2) is 6.14. The van der Waals surface area contributed by atoms with E-state index in [0.29, 0.717) is 33.3 Å². The fraction of sp³-hybridized carbons (Fsp3) is 0.250. The van der Waals surface area contributed by atoms with E-state index in [9.17, 15) is 13.6 Å². The zero-order valence-electron chi connectivity index (χ0n) is 14.4. The van der Waals surface area contributed by atoms with Crippen LogP contribution in [-0.4, -0.2) is 17.4 Å². The summed E-state index contributed by atoms with van der Waals surface area (Å²) in [6, 6.07) is 7.66. The Bertz CT molecular complexity index is 1070. The second-order valence-corrected chi connectivity index (χ2v) is 6.96. The highest BCUT2D eigenvalue weighted by Crippen LogP contribution is 2.36. The predicted octanol–water partition coefficient (Wildman–Crippen LogP) is 3.71. The molecule has 1 aromatic heterocycles. The van der Waals surface area contributed by atoms with Gasteiger partial charge in [-0.3, -0.25) is 9.63 Å². The van der Waals surface area contributed by atoms with Crippen LogP contribution in [-0.2, 0) is 11.4 Å². The molecule has 3 N–H and O–H groups in total. The maximum atomic E-state index is 14.8. The van der Waals surface area contributed by atoms with Gasteiger partial charge < -0.3 is 10.3 Å². The molecule has 2 aromatic carbocycles. The number of nitrogens with one attached hydrogen (secondary N) is 3. The molecule has 5 nitrogen and oxygen atoms in total. The number of carbonyl (C=O) groups is 1. The lowest BCUT2D eigenvalue weighted by Gasteiger charge is -2.13. The van der Waals surface area contributed by atoms with Crippen LogP contribution in [0.2, 0.25) is 0 Å². The van der Waals surface area contributed by atoms with E-state index < -0.39 is 11.7 Å². The molecule has 0 aliphatic carbocycles. The highest BCUT2D eigenvalue weighted by atomic mass is 19.1. The summed E-state index contributed by atoms with van der Waals surface area (Å²) in [7, 11) is 0. The Morgan fingerprint density at radius 2 is 2.04 bits per heavy atom. The van der Waals surface area contributed by atoms with Crippen molar-refractivity contribution in [3.63, 3.8) is 0 Å². The number of rotatable bonds is 2. The molecule has 1 saturated heterocycles. The minimum atomic E-state index is -0.525. The van der Waals surface area contributed by atoms with Crippen molar-refractivity contribution in [1.29, 1.82) is 0 Å². The fourth-order valence-corrected chi connectivity index (χ4v) is 4.08. The van der Waals surface area contributed by atoms with Crippen LogP contribution < -0.4 is 10.8 Å². The van der Waals surface area contributed by atoms with Crippen molar-refractivity contribution < 1.29 is 18.4 Å². The Morgan fingerprint density at radius 1 is 1.15 bits per heavy atom. The van der Waals surface area contributed by atoms with Crippen molar-refractivity contribution in [3.05, 3.63) is 58.7 Å². The van der Waals surface area contributed by atoms with Gasteiger partial charge in [0.05, 0.1) is 11.3 Å². The summed E-state index contributed by atoms with van der Waals surface area (Å²) in [5, 5.41) is 3.90. The topological polar surface area (TPSA) is 66.2 Å². The largest absolute Gasteiger partial charge is 0.354 e. The number of aromatic nitrogens is 1. The molecule has 0 spiro atoms. The van der Waals surface area contributed by atoms with Gasteiger partial charge in [-0.2, -0.15) is 0 Å². The van der Waals surface area contributed by atoms with Crippen LogP contribution in [0.3, 0.4) is 0 Å². The summed E-state index contributed by atoms with van der Waals surface area (Å²) < 4.78 is 28.7. The summed E-state index contributed by atoms with van der Waals surface area (Å²) in [6.07, 6.45) is 1.95. The van der Waals surface area contributed by atoms with Crippen LogP contribution in [0.25, 0.3) is 22.2 Å². The summed E-state index contributed by atoms with van der Waals surface area (Å²) >= 11 is 0. The van der Waals surface area contributed by atoms with Gasteiger partial charge >= 0.3 is 0 Å². The predicted molar refractivity (Wildman–Crippen MR) is 95.9 cm³/mol. The van der Waals surface area contributed by atoms with Crippen LogP contribution in [0, 0.1) is 11.6 Å². The van der Waals surface area contributed by atoms with E-state index in [1.54, 1.807) is 6.07 Å². The van der Waals surface area contributed by atoms with E-state index >= 15 is 0 Å². The smallest absolute Gasteiger partial charge is 0.275 e. The first-order valence-corrected chi connectivity index (χ1v) is 8.91. The summed E-state index contributed by atoms with van der Waals surface area (Å²) in [6.45, 7) is 0.998. The molecule has 5 rings (SSSR count). The number of benzene rings is 2. The number of halogens is 2. The molecule has 1 amide bonds. The van der Waals surface area contributed by atoms with Crippen molar-refractivity contribution >= 4 is 16.8 Å². The Labute approximate surface area is 153 Å². The Balaban J connectivity index is 1.67. The standard InChI is InChI=1S/C20H17F2N3O2/c21-11-7-13-18-14(9-27-25-20(13)26)19(24-17(18)8-11)10-3-4-12(15(22)6-10)16-2-1-5-23-16/h3-4,6-8,16,23-24H,1-2,5,9H2,(H,25,26)/t16-/m1/s1. The van der Waals surface area contributed by atoms with E-state index in [2.05, 4.69) is 15.8 Å². The molecule has 2 aliphatic heterocycles. The molecular weight excluding hydrogens is 352 g/mol. The average Bonchev–Trinajstić information content (AvgIpc) is 3.25. The van der Waals surface area contributed by atoms with Crippen molar-refractivity contribution in [3.8, 4) is 11.3 Å². The normalized spacial score (nSPS) is 19.3. The first-order valence-electron chi connectivity index (χ1n) is 8.91. The van der Waals surface area contributed by atoms with Gasteiger partial charge in [0.2, 0.25) is 0 Å². The quantitative estimate of drug-likeness (QED) is 0.645. The minimum absolute atomic E-state index is 0.0363. The van der Waals surface area contributed by atoms with Crippen LogP contribution in [0.4, 0.5) is 8.78 Å². The number of aromatic amines is 1. The lowest BCUT2D eigenvalue weighted by atomic mass is 9.98. The summed E-state index contributed by atoms with van der Waals surface area (Å²) in [5.74, 6) is -1.31. The Kier molecular flexibility index (Phi) is 3.73. The molecule has 0 radical (unpaired) electrons. The lowest BCUT2D eigenvalue weighted by Crippen LogP contribution is -2.21. The average molecular weight is 369 g/mol. The van der Waals surface area contributed by atoms with E-state index in [0.717, 1.165) is 19.4 Å². The molecule has 138 valence electrons. The number of carbonyl (C=O) groups excluding carboxylic acids is 1. The first-order chi connectivity index (χ1) is 13.1. The number of H-pyrrole nitrogens is 1. The molecule has 2 aliphatic rings. The molecule has 1 fully saturated rings. The summed E-state index contributed by atoms with van der Waals surface area (Å²) in [4.78, 5) is 20.5. The monoisotopic (exact) mass is 369 g/mol. The van der Waals surface area contributed by atoms with E-state index in [-0.39, 0.29) is 24.0 Å². The van der Waals surface area contributed by atoms with Gasteiger partial charge in [-0.1, -0.05) is 12.1 Å². The third kappa shape index (κ3) is 2.62. The van der Waals surface area contributed by atoms with Crippen molar-refractivity contribution in [2.75, 3.05) is 6.54 Å². The van der Waals surface area contributed by atoms with Gasteiger partial charge in [0, 0.05) is 33.6 Å². The van der Waals surface area contributed by atoms with Crippen LogP contribution >= 0.6 is 0 Å². The van der Waals surface area contributed by atoms with Crippen LogP contribution in [0.15, 0.2) is 30.3 Å². The third-order valence-corrected chi connectivity index (χ3v) is 5.32. The van der Waals surface area contributed by atoms with Crippen LogP contribution in [0.5, 0.6) is 0 Å². The molecular formula is C20H17F2N3O2. The minimum Gasteiger partial charge on any atom is -0.354 e. The number of amides is 1. The van der Waals surface area contributed by atoms with E-state index in [1.165, 1.54) is 18.2 Å². The highest BCUT2D eigenvalue weighted by Gasteiger charge is 2.25. The van der Waals surface area contributed by atoms with E-state index in [1.807, 2.05) is 6.07 Å². The molecule has 3 heterocycles. The zero-order valence-corrected chi connectivity index (χ0v) is 14.4. The SMILES string of the molecule is O=C1NOCc2c(-c3ccc([C@H]4CCCN4)c(F)c3)[nH]c3cc(F)cc1c23. The number of hydroxylamine groups is 1. The van der Waals surface area contributed by atoms with Gasteiger partial charge in [-0.25, -0.2) is 14.3 Å². The van der Waals surface area contributed by atoms with Crippen molar-refractivity contribution in [2.24, 2.45) is 0 Å². The first kappa shape index (κ1) is 16.4. The van der Waals surface area contributed by atoms with Gasteiger partial charge in [0.15, 0.2) is 0 Å². The fourth-order valence-electron chi connectivity index (χ4n) is 4.08. The lowest BCUT2D eigenvalue weighted by molar-refractivity contribution is 0.0255. The molecule has 0 saturated carbocycles. The number of hydrogen-bond acceptors (Lipinski definition) is 3. The molecule has 3 aromatic rings. The maximum absolute atomic E-state index is 14.8. The maximum Gasteiger partial charge on any atom is 0.275 e. The zero-order chi connectivity index (χ0) is 18.5. The molecule has 1 atom stereocenters. The third-order valence-electron chi connectivity index (χ3n) is 5.32. The highest BCUT2D eigenvalue weighted by molar-refractivity contribution is 6.09. The molecule has 7 heteroatoms.